The molecule has 0 spiro atoms. The van der Waals surface area contributed by atoms with Crippen LogP contribution in [0.3, 0.4) is 0 Å². The molecule has 0 saturated heterocycles. The number of aliphatic hydroxyl groups is 2. The molecule has 0 amide bonds. The molecule has 2 nitrogen and oxygen atoms in total. The third kappa shape index (κ3) is 1.39. The van der Waals surface area contributed by atoms with Crippen molar-refractivity contribution in [1.29, 1.82) is 0 Å². The van der Waals surface area contributed by atoms with Crippen molar-refractivity contribution in [2.24, 2.45) is 11.8 Å². The first kappa shape index (κ1) is 7.76. The Hall–Kier alpha value is -0.340. The second-order valence-electron chi connectivity index (χ2n) is 2.85. The average Bonchev–Trinajstić information content (AvgIpc) is 2.48. The van der Waals surface area contributed by atoms with Gasteiger partial charge < -0.3 is 10.2 Å². The van der Waals surface area contributed by atoms with Crippen LogP contribution in [0.5, 0.6) is 0 Å². The minimum absolute atomic E-state index is 0.176. The van der Waals surface area contributed by atoms with Crippen molar-refractivity contribution in [3.63, 3.8) is 0 Å². The molecule has 1 aliphatic rings. The van der Waals surface area contributed by atoms with Crippen LogP contribution < -0.4 is 0 Å². The Kier molecular flexibility index (Phi) is 2.46. The summed E-state index contributed by atoms with van der Waals surface area (Å²) in [5.41, 5.74) is 0. The lowest BCUT2D eigenvalue weighted by atomic mass is 10.2. The van der Waals surface area contributed by atoms with Gasteiger partial charge in [-0.2, -0.15) is 0 Å². The summed E-state index contributed by atoms with van der Waals surface area (Å²) in [6.07, 6.45) is 3.27. The van der Waals surface area contributed by atoms with Crippen molar-refractivity contribution in [3.05, 3.63) is 12.7 Å². The molecule has 0 aromatic rings. The van der Waals surface area contributed by atoms with Gasteiger partial charge in [-0.1, -0.05) is 6.08 Å². The Morgan fingerprint density at radius 3 is 2.60 bits per heavy atom. The molecular formula is C8H14O2. The summed E-state index contributed by atoms with van der Waals surface area (Å²) >= 11 is 0. The van der Waals surface area contributed by atoms with E-state index in [-0.39, 0.29) is 12.7 Å². The molecule has 1 aliphatic carbocycles. The predicted octanol–water partition coefficient (Wildman–Crippen LogP) is 0.552. The van der Waals surface area contributed by atoms with E-state index in [2.05, 4.69) is 6.58 Å². The van der Waals surface area contributed by atoms with Crippen LogP contribution in [-0.2, 0) is 0 Å². The lowest BCUT2D eigenvalue weighted by Gasteiger charge is -1.89. The molecule has 0 aliphatic heterocycles. The van der Waals surface area contributed by atoms with Gasteiger partial charge in [0.15, 0.2) is 0 Å². The maximum Gasteiger partial charge on any atom is 0.0607 e. The highest BCUT2D eigenvalue weighted by Gasteiger charge is 2.46. The number of hydrogen-bond acceptors (Lipinski definition) is 2. The van der Waals surface area contributed by atoms with Crippen molar-refractivity contribution >= 4 is 0 Å². The monoisotopic (exact) mass is 142 g/mol. The van der Waals surface area contributed by atoms with Gasteiger partial charge in [0, 0.05) is 6.61 Å². The third-order valence-corrected chi connectivity index (χ3v) is 2.19. The summed E-state index contributed by atoms with van der Waals surface area (Å²) in [6.45, 7) is 3.79. The normalized spacial score (nSPS) is 37.6. The second kappa shape index (κ2) is 3.17. The predicted molar refractivity (Wildman–Crippen MR) is 39.5 cm³/mol. The molecule has 0 radical (unpaired) electrons. The highest BCUT2D eigenvalue weighted by Crippen LogP contribution is 2.43. The summed E-state index contributed by atoms with van der Waals surface area (Å²) in [4.78, 5) is 0. The third-order valence-electron chi connectivity index (χ3n) is 2.19. The van der Waals surface area contributed by atoms with Gasteiger partial charge >= 0.3 is 0 Å². The highest BCUT2D eigenvalue weighted by atomic mass is 16.3. The fourth-order valence-corrected chi connectivity index (χ4v) is 1.47. The van der Waals surface area contributed by atoms with Crippen LogP contribution in [0.4, 0.5) is 0 Å². The molecule has 3 atom stereocenters. The molecule has 0 aromatic carbocycles. The molecule has 1 rings (SSSR count). The zero-order valence-electron chi connectivity index (χ0n) is 6.03. The molecule has 0 aromatic heterocycles. The Bertz CT molecular complexity index is 122. The van der Waals surface area contributed by atoms with Crippen LogP contribution in [-0.4, -0.2) is 22.9 Å². The molecule has 1 fully saturated rings. The Balaban J connectivity index is 2.19. The molecule has 0 unspecified atom stereocenters. The van der Waals surface area contributed by atoms with Crippen LogP contribution >= 0.6 is 0 Å². The minimum atomic E-state index is -0.176. The van der Waals surface area contributed by atoms with Crippen LogP contribution in [0.15, 0.2) is 12.7 Å². The van der Waals surface area contributed by atoms with E-state index in [0.717, 1.165) is 12.8 Å². The molecule has 10 heavy (non-hydrogen) atoms. The molecular weight excluding hydrogens is 128 g/mol. The highest BCUT2D eigenvalue weighted by molar-refractivity contribution is 4.99. The minimum Gasteiger partial charge on any atom is -0.396 e. The molecule has 2 heteroatoms. The van der Waals surface area contributed by atoms with E-state index in [9.17, 15) is 5.11 Å². The van der Waals surface area contributed by atoms with Gasteiger partial charge in [-0.05, 0) is 24.7 Å². The van der Waals surface area contributed by atoms with Crippen molar-refractivity contribution in [3.8, 4) is 0 Å². The van der Waals surface area contributed by atoms with Gasteiger partial charge in [-0.25, -0.2) is 0 Å². The summed E-state index contributed by atoms with van der Waals surface area (Å²) in [5, 5.41) is 17.7. The largest absolute Gasteiger partial charge is 0.396 e. The van der Waals surface area contributed by atoms with Gasteiger partial charge in [-0.3, -0.25) is 0 Å². The fraction of sp³-hybridized carbons (Fsp3) is 0.750. The van der Waals surface area contributed by atoms with E-state index in [1.54, 1.807) is 0 Å². The van der Waals surface area contributed by atoms with Crippen molar-refractivity contribution < 1.29 is 10.2 Å². The fourth-order valence-electron chi connectivity index (χ4n) is 1.47. The maximum absolute atomic E-state index is 9.19. The number of hydrogen-bond donors (Lipinski definition) is 2. The van der Waals surface area contributed by atoms with E-state index in [1.807, 2.05) is 6.08 Å². The smallest absolute Gasteiger partial charge is 0.0607 e. The topological polar surface area (TPSA) is 40.5 Å². The summed E-state index contributed by atoms with van der Waals surface area (Å²) in [6, 6.07) is 0. The average molecular weight is 142 g/mol. The van der Waals surface area contributed by atoms with Crippen molar-refractivity contribution in [1.82, 2.24) is 0 Å². The van der Waals surface area contributed by atoms with Crippen LogP contribution in [0.2, 0.25) is 0 Å². The van der Waals surface area contributed by atoms with Gasteiger partial charge in [0.2, 0.25) is 0 Å². The molecule has 2 N–H and O–H groups in total. The molecule has 0 heterocycles. The Labute approximate surface area is 61.2 Å². The Morgan fingerprint density at radius 2 is 2.10 bits per heavy atom. The van der Waals surface area contributed by atoms with Crippen molar-refractivity contribution in [2.45, 2.75) is 18.9 Å². The van der Waals surface area contributed by atoms with E-state index in [1.165, 1.54) is 0 Å². The second-order valence-corrected chi connectivity index (χ2v) is 2.85. The van der Waals surface area contributed by atoms with Crippen molar-refractivity contribution in [2.75, 3.05) is 6.61 Å². The molecule has 1 saturated carbocycles. The van der Waals surface area contributed by atoms with Crippen LogP contribution in [0, 0.1) is 11.8 Å². The molecule has 0 bridgehead atoms. The lowest BCUT2D eigenvalue weighted by molar-refractivity contribution is 0.227. The first-order chi connectivity index (χ1) is 4.81. The van der Waals surface area contributed by atoms with E-state index < -0.39 is 0 Å². The first-order valence-electron chi connectivity index (χ1n) is 3.71. The molecule has 58 valence electrons. The summed E-state index contributed by atoms with van der Waals surface area (Å²) in [5.74, 6) is 0.715. The summed E-state index contributed by atoms with van der Waals surface area (Å²) in [7, 11) is 0. The Morgan fingerprint density at radius 1 is 1.40 bits per heavy atom. The van der Waals surface area contributed by atoms with Crippen LogP contribution in [0.25, 0.3) is 0 Å². The maximum atomic E-state index is 9.19. The van der Waals surface area contributed by atoms with E-state index in [0.29, 0.717) is 11.8 Å². The van der Waals surface area contributed by atoms with Gasteiger partial charge in [0.25, 0.3) is 0 Å². The first-order valence-corrected chi connectivity index (χ1v) is 3.71. The lowest BCUT2D eigenvalue weighted by Crippen LogP contribution is -1.88. The van der Waals surface area contributed by atoms with E-state index in [4.69, 9.17) is 5.11 Å². The number of allylic oxidation sites excluding steroid dienone is 1. The zero-order valence-corrected chi connectivity index (χ0v) is 6.03. The van der Waals surface area contributed by atoms with Gasteiger partial charge in [0.1, 0.15) is 0 Å². The zero-order chi connectivity index (χ0) is 7.56. The SMILES string of the molecule is C=CC[C@@H]1[C@@H](O)[C@H]1CCO. The number of rotatable bonds is 4. The van der Waals surface area contributed by atoms with Gasteiger partial charge in [0.05, 0.1) is 6.10 Å². The summed E-state index contributed by atoms with van der Waals surface area (Å²) < 4.78 is 0. The quantitative estimate of drug-likeness (QED) is 0.563. The standard InChI is InChI=1S/C8H14O2/c1-2-3-6-7(4-5-9)8(6)10/h2,6-10H,1,3-5H2/t6-,7-,8+/m0/s1. The van der Waals surface area contributed by atoms with E-state index >= 15 is 0 Å². The van der Waals surface area contributed by atoms with Crippen LogP contribution in [0.1, 0.15) is 12.8 Å². The van der Waals surface area contributed by atoms with Gasteiger partial charge in [-0.15, -0.1) is 6.58 Å². The number of aliphatic hydroxyl groups excluding tert-OH is 2.